The number of benzene rings is 1. The van der Waals surface area contributed by atoms with Crippen molar-refractivity contribution in [2.45, 2.75) is 0 Å². The molecule has 0 spiro atoms. The van der Waals surface area contributed by atoms with Gasteiger partial charge in [-0.3, -0.25) is 0 Å². The molecular formula is C17H8Cl2N4O2S. The maximum atomic E-state index is 6.27. The monoisotopic (exact) mass is 402 g/mol. The third kappa shape index (κ3) is 2.44. The second kappa shape index (κ2) is 5.98. The quantitative estimate of drug-likeness (QED) is 0.388. The summed E-state index contributed by atoms with van der Waals surface area (Å²) in [7, 11) is 0. The van der Waals surface area contributed by atoms with Crippen molar-refractivity contribution in [3.8, 4) is 33.7 Å². The summed E-state index contributed by atoms with van der Waals surface area (Å²) in [5.74, 6) is 2.36. The molecule has 128 valence electrons. The highest BCUT2D eigenvalue weighted by Gasteiger charge is 2.19. The minimum atomic E-state index is 0.452. The summed E-state index contributed by atoms with van der Waals surface area (Å²) in [5, 5.41) is 14.4. The molecule has 0 bridgehead atoms. The van der Waals surface area contributed by atoms with Gasteiger partial charge in [0.1, 0.15) is 5.76 Å². The molecule has 0 aliphatic heterocycles. The van der Waals surface area contributed by atoms with Crippen LogP contribution in [-0.4, -0.2) is 19.8 Å². The maximum absolute atomic E-state index is 6.27. The van der Waals surface area contributed by atoms with Crippen molar-refractivity contribution in [3.63, 3.8) is 0 Å². The molecule has 0 aliphatic rings. The van der Waals surface area contributed by atoms with Gasteiger partial charge in [0.05, 0.1) is 16.3 Å². The molecule has 4 aromatic heterocycles. The summed E-state index contributed by atoms with van der Waals surface area (Å²) in [5.41, 5.74) is 0.727. The Kier molecular flexibility index (Phi) is 3.59. The number of hydrogen-bond acceptors (Lipinski definition) is 6. The fourth-order valence-corrected chi connectivity index (χ4v) is 3.76. The minimum Gasteiger partial charge on any atom is -0.461 e. The Hall–Kier alpha value is -2.61. The average Bonchev–Trinajstić information content (AvgIpc) is 3.40. The molecule has 0 atom stereocenters. The molecule has 0 N–H and O–H groups in total. The topological polar surface area (TPSA) is 69.4 Å². The molecular weight excluding hydrogens is 395 g/mol. The number of furan rings is 2. The summed E-state index contributed by atoms with van der Waals surface area (Å²) in [6.45, 7) is 0. The van der Waals surface area contributed by atoms with Crippen LogP contribution >= 0.6 is 34.5 Å². The molecule has 4 heterocycles. The molecule has 5 aromatic rings. The van der Waals surface area contributed by atoms with Crippen LogP contribution < -0.4 is 0 Å². The van der Waals surface area contributed by atoms with Gasteiger partial charge in [-0.25, -0.2) is 0 Å². The van der Waals surface area contributed by atoms with Crippen molar-refractivity contribution in [3.05, 3.63) is 58.8 Å². The van der Waals surface area contributed by atoms with E-state index < -0.39 is 0 Å². The molecule has 0 aliphatic carbocycles. The van der Waals surface area contributed by atoms with Gasteiger partial charge >= 0.3 is 0 Å². The Balaban J connectivity index is 1.57. The van der Waals surface area contributed by atoms with Gasteiger partial charge in [0, 0.05) is 5.56 Å². The fraction of sp³-hybridized carbons (Fsp3) is 0. The highest BCUT2D eigenvalue weighted by molar-refractivity contribution is 7.19. The van der Waals surface area contributed by atoms with Gasteiger partial charge in [0.15, 0.2) is 16.5 Å². The van der Waals surface area contributed by atoms with E-state index in [2.05, 4.69) is 15.3 Å². The highest BCUT2D eigenvalue weighted by Crippen LogP contribution is 2.37. The van der Waals surface area contributed by atoms with Crippen molar-refractivity contribution in [1.82, 2.24) is 19.8 Å². The van der Waals surface area contributed by atoms with Crippen molar-refractivity contribution in [2.24, 2.45) is 0 Å². The fourth-order valence-electron chi connectivity index (χ4n) is 2.57. The Morgan fingerprint density at radius 3 is 2.65 bits per heavy atom. The van der Waals surface area contributed by atoms with E-state index in [4.69, 9.17) is 32.0 Å². The molecule has 0 amide bonds. The van der Waals surface area contributed by atoms with E-state index in [0.29, 0.717) is 43.1 Å². The lowest BCUT2D eigenvalue weighted by atomic mass is 10.2. The number of nitrogens with zero attached hydrogens (tertiary/aromatic N) is 4. The molecule has 26 heavy (non-hydrogen) atoms. The van der Waals surface area contributed by atoms with E-state index in [1.54, 1.807) is 22.9 Å². The van der Waals surface area contributed by atoms with Gasteiger partial charge < -0.3 is 8.83 Å². The molecule has 0 saturated heterocycles. The largest absolute Gasteiger partial charge is 0.461 e. The number of aromatic nitrogens is 4. The number of hydrogen-bond donors (Lipinski definition) is 0. The van der Waals surface area contributed by atoms with E-state index in [-0.39, 0.29) is 0 Å². The smallest absolute Gasteiger partial charge is 0.235 e. The van der Waals surface area contributed by atoms with Crippen LogP contribution in [0.15, 0.2) is 57.6 Å². The normalized spacial score (nSPS) is 11.5. The van der Waals surface area contributed by atoms with Crippen LogP contribution in [0.4, 0.5) is 0 Å². The Bertz CT molecular complexity index is 1220. The van der Waals surface area contributed by atoms with Gasteiger partial charge in [-0.15, -0.1) is 15.3 Å². The Morgan fingerprint density at radius 2 is 1.81 bits per heavy atom. The first-order valence-electron chi connectivity index (χ1n) is 7.51. The third-order valence-corrected chi connectivity index (χ3v) is 5.50. The van der Waals surface area contributed by atoms with Crippen molar-refractivity contribution in [1.29, 1.82) is 0 Å². The van der Waals surface area contributed by atoms with E-state index in [0.717, 1.165) is 5.56 Å². The van der Waals surface area contributed by atoms with Gasteiger partial charge in [0.25, 0.3) is 0 Å². The lowest BCUT2D eigenvalue weighted by Crippen LogP contribution is -1.89. The zero-order valence-corrected chi connectivity index (χ0v) is 15.2. The minimum absolute atomic E-state index is 0.452. The van der Waals surface area contributed by atoms with E-state index >= 15 is 0 Å². The zero-order chi connectivity index (χ0) is 17.7. The predicted molar refractivity (Wildman–Crippen MR) is 99.5 cm³/mol. The first-order chi connectivity index (χ1) is 12.7. The average molecular weight is 403 g/mol. The van der Waals surface area contributed by atoms with Crippen LogP contribution in [0.1, 0.15) is 0 Å². The molecule has 5 rings (SSSR count). The summed E-state index contributed by atoms with van der Waals surface area (Å²) >= 11 is 13.7. The van der Waals surface area contributed by atoms with E-state index in [9.17, 15) is 0 Å². The van der Waals surface area contributed by atoms with Gasteiger partial charge in [0.2, 0.25) is 10.8 Å². The van der Waals surface area contributed by atoms with Crippen LogP contribution in [-0.2, 0) is 0 Å². The third-order valence-electron chi connectivity index (χ3n) is 3.77. The van der Waals surface area contributed by atoms with E-state index in [1.165, 1.54) is 11.3 Å². The van der Waals surface area contributed by atoms with E-state index in [1.807, 2.05) is 30.3 Å². The molecule has 6 nitrogen and oxygen atoms in total. The molecule has 0 radical (unpaired) electrons. The lowest BCUT2D eigenvalue weighted by molar-refractivity contribution is 0.574. The molecule has 9 heteroatoms. The predicted octanol–water partition coefficient (Wildman–Crippen LogP) is 5.68. The molecule has 0 fully saturated rings. The standard InChI is InChI=1S/C17H8Cl2N4O2S/c18-10-4-1-3-9(14(10)19)11-6-7-13(25-11)16-22-23-15(12-5-2-8-24-12)20-21-17(23)26-16/h1-8H. The van der Waals surface area contributed by atoms with Gasteiger partial charge in [-0.05, 0) is 36.4 Å². The molecule has 0 unspecified atom stereocenters. The first kappa shape index (κ1) is 15.6. The summed E-state index contributed by atoms with van der Waals surface area (Å²) < 4.78 is 13.0. The maximum Gasteiger partial charge on any atom is 0.235 e. The molecule has 1 aromatic carbocycles. The number of halogens is 2. The Labute approximate surface area is 160 Å². The van der Waals surface area contributed by atoms with Crippen LogP contribution in [0.2, 0.25) is 10.0 Å². The summed E-state index contributed by atoms with van der Waals surface area (Å²) in [4.78, 5) is 0.644. The first-order valence-corrected chi connectivity index (χ1v) is 9.08. The second-order valence-corrected chi connectivity index (χ2v) is 7.11. The number of rotatable bonds is 3. The van der Waals surface area contributed by atoms with Crippen molar-refractivity contribution < 1.29 is 8.83 Å². The van der Waals surface area contributed by atoms with Crippen LogP contribution in [0, 0.1) is 0 Å². The van der Waals surface area contributed by atoms with Crippen LogP contribution in [0.5, 0.6) is 0 Å². The van der Waals surface area contributed by atoms with Crippen LogP contribution in [0.3, 0.4) is 0 Å². The summed E-state index contributed by atoms with van der Waals surface area (Å²) in [6.07, 6.45) is 1.58. The van der Waals surface area contributed by atoms with Crippen LogP contribution in [0.25, 0.3) is 38.6 Å². The van der Waals surface area contributed by atoms with Crippen molar-refractivity contribution >= 4 is 39.5 Å². The SMILES string of the molecule is Clc1cccc(-c2ccc(-c3nn4c(-c5ccco5)nnc4s3)o2)c1Cl. The zero-order valence-electron chi connectivity index (χ0n) is 12.9. The Morgan fingerprint density at radius 1 is 0.923 bits per heavy atom. The van der Waals surface area contributed by atoms with Crippen molar-refractivity contribution in [2.75, 3.05) is 0 Å². The second-order valence-electron chi connectivity index (χ2n) is 5.37. The summed E-state index contributed by atoms with van der Waals surface area (Å²) in [6, 6.07) is 12.7. The molecule has 0 saturated carbocycles. The van der Waals surface area contributed by atoms with Gasteiger partial charge in [-0.2, -0.15) is 4.52 Å². The number of fused-ring (bicyclic) bond motifs is 1. The highest BCUT2D eigenvalue weighted by atomic mass is 35.5. The lowest BCUT2D eigenvalue weighted by Gasteiger charge is -2.01. The van der Waals surface area contributed by atoms with Gasteiger partial charge in [-0.1, -0.05) is 40.6 Å².